The predicted octanol–water partition coefficient (Wildman–Crippen LogP) is 6.61. The molecule has 9 atom stereocenters. The summed E-state index contributed by atoms with van der Waals surface area (Å²) in [5.41, 5.74) is 8.07. The van der Waals surface area contributed by atoms with Crippen molar-refractivity contribution in [3.63, 3.8) is 0 Å². The molecule has 0 aromatic heterocycles. The van der Waals surface area contributed by atoms with Gasteiger partial charge in [0.05, 0.1) is 0 Å². The molecule has 5 aliphatic carbocycles. The Morgan fingerprint density at radius 3 is 2.26 bits per heavy atom. The Morgan fingerprint density at radius 2 is 1.60 bits per heavy atom. The molecule has 0 heterocycles. The summed E-state index contributed by atoms with van der Waals surface area (Å²) in [6.45, 7) is 18.1. The summed E-state index contributed by atoms with van der Waals surface area (Å²) < 4.78 is 5.84. The van der Waals surface area contributed by atoms with E-state index in [1.165, 1.54) is 25.3 Å². The molecule has 5 rings (SSSR count). The zero-order chi connectivity index (χ0) is 25.8. The number of carbonyl (C=O) groups excluding carboxylic acids is 2. The average molecular weight is 484 g/mol. The fourth-order valence-corrected chi connectivity index (χ4v) is 10.6. The van der Waals surface area contributed by atoms with Crippen LogP contribution >= 0.6 is 0 Å². The molecule has 0 aliphatic heterocycles. The van der Waals surface area contributed by atoms with Gasteiger partial charge in [-0.15, -0.1) is 0 Å². The molecule has 0 bridgehead atoms. The van der Waals surface area contributed by atoms with Crippen molar-refractivity contribution in [1.82, 2.24) is 0 Å². The minimum Gasteiger partial charge on any atom is -0.462 e. The van der Waals surface area contributed by atoms with E-state index in [9.17, 15) is 9.59 Å². The number of hydrogen-bond donors (Lipinski definition) is 1. The largest absolute Gasteiger partial charge is 0.462 e. The highest BCUT2D eigenvalue weighted by Gasteiger charge is 2.70. The summed E-state index contributed by atoms with van der Waals surface area (Å²) in [4.78, 5) is 26.2. The van der Waals surface area contributed by atoms with E-state index in [1.54, 1.807) is 0 Å². The lowest BCUT2D eigenvalue weighted by Gasteiger charge is -2.70. The molecular formula is C31H49NO3. The molecule has 4 nitrogen and oxygen atoms in total. The van der Waals surface area contributed by atoms with Crippen LogP contribution in [0.4, 0.5) is 0 Å². The lowest BCUT2D eigenvalue weighted by Crippen LogP contribution is -2.67. The van der Waals surface area contributed by atoms with Crippen molar-refractivity contribution < 1.29 is 14.3 Å². The number of carbonyl (C=O) groups is 2. The number of rotatable bonds is 1. The van der Waals surface area contributed by atoms with Gasteiger partial charge in [-0.05, 0) is 104 Å². The van der Waals surface area contributed by atoms with Gasteiger partial charge in [-0.2, -0.15) is 0 Å². The van der Waals surface area contributed by atoms with Crippen LogP contribution in [0.25, 0.3) is 0 Å². The third kappa shape index (κ3) is 3.33. The fraction of sp³-hybridized carbons (Fsp3) is 0.871. The molecular weight excluding hydrogens is 434 g/mol. The van der Waals surface area contributed by atoms with Gasteiger partial charge in [0, 0.05) is 23.8 Å². The highest BCUT2D eigenvalue weighted by molar-refractivity contribution is 5.95. The van der Waals surface area contributed by atoms with Crippen LogP contribution in [0.2, 0.25) is 0 Å². The molecule has 196 valence electrons. The maximum absolute atomic E-state index is 14.3. The van der Waals surface area contributed by atoms with Gasteiger partial charge in [0.25, 0.3) is 0 Å². The van der Waals surface area contributed by atoms with Gasteiger partial charge < -0.3 is 10.5 Å². The molecule has 0 saturated heterocycles. The van der Waals surface area contributed by atoms with E-state index < -0.39 is 0 Å². The smallest absolute Gasteiger partial charge is 0.302 e. The Kier molecular flexibility index (Phi) is 5.43. The topological polar surface area (TPSA) is 69.4 Å². The maximum atomic E-state index is 14.3. The van der Waals surface area contributed by atoms with Crippen LogP contribution in [0.1, 0.15) is 113 Å². The van der Waals surface area contributed by atoms with Crippen LogP contribution in [-0.4, -0.2) is 23.4 Å². The number of esters is 1. The van der Waals surface area contributed by atoms with Gasteiger partial charge in [-0.25, -0.2) is 0 Å². The lowest BCUT2D eigenvalue weighted by molar-refractivity contribution is -0.209. The highest BCUT2D eigenvalue weighted by Crippen LogP contribution is 2.74. The van der Waals surface area contributed by atoms with E-state index in [1.807, 2.05) is 0 Å². The molecule has 35 heavy (non-hydrogen) atoms. The van der Waals surface area contributed by atoms with Crippen molar-refractivity contribution in [1.29, 1.82) is 0 Å². The van der Waals surface area contributed by atoms with Gasteiger partial charge in [0.2, 0.25) is 0 Å². The predicted molar refractivity (Wildman–Crippen MR) is 139 cm³/mol. The molecule has 2 N–H and O–H groups in total. The molecule has 0 aromatic carbocycles. The SMILES string of the molecule is CC(=O)OC1CC[C@]2(C)[C@H]3C(=O)C=C4[C@@H]5C[C@@](C)(N)CC[C@]5(C)CC[C@@]4(C)[C@]3(C)CC[C@H]2C1(C)C. The summed E-state index contributed by atoms with van der Waals surface area (Å²) in [7, 11) is 0. The Bertz CT molecular complexity index is 980. The van der Waals surface area contributed by atoms with Crippen LogP contribution in [0.3, 0.4) is 0 Å². The molecule has 0 aromatic rings. The first-order chi connectivity index (χ1) is 16.0. The van der Waals surface area contributed by atoms with Gasteiger partial charge in [0.1, 0.15) is 6.10 Å². The number of ether oxygens (including phenoxy) is 1. The van der Waals surface area contributed by atoms with Crippen LogP contribution in [0.15, 0.2) is 11.6 Å². The van der Waals surface area contributed by atoms with Crippen molar-refractivity contribution in [3.05, 3.63) is 11.6 Å². The summed E-state index contributed by atoms with van der Waals surface area (Å²) in [5, 5.41) is 0. The molecule has 4 heteroatoms. The zero-order valence-corrected chi connectivity index (χ0v) is 23.6. The van der Waals surface area contributed by atoms with E-state index in [4.69, 9.17) is 10.5 Å². The van der Waals surface area contributed by atoms with Gasteiger partial charge in [-0.3, -0.25) is 9.59 Å². The molecule has 4 saturated carbocycles. The highest BCUT2D eigenvalue weighted by atomic mass is 16.5. The van der Waals surface area contributed by atoms with Gasteiger partial charge in [-0.1, -0.05) is 47.1 Å². The Labute approximate surface area is 213 Å². The Morgan fingerprint density at radius 1 is 0.943 bits per heavy atom. The molecule has 0 radical (unpaired) electrons. The summed E-state index contributed by atoms with van der Waals surface area (Å²) in [6.07, 6.45) is 11.7. The second-order valence-electron chi connectivity index (χ2n) is 15.3. The van der Waals surface area contributed by atoms with Crippen molar-refractivity contribution in [2.45, 2.75) is 125 Å². The van der Waals surface area contributed by atoms with E-state index >= 15 is 0 Å². The number of ketones is 1. The van der Waals surface area contributed by atoms with E-state index in [0.29, 0.717) is 17.6 Å². The molecule has 0 spiro atoms. The van der Waals surface area contributed by atoms with E-state index in [2.05, 4.69) is 54.5 Å². The fourth-order valence-electron chi connectivity index (χ4n) is 10.6. The van der Waals surface area contributed by atoms with Crippen LogP contribution in [-0.2, 0) is 14.3 Å². The third-order valence-electron chi connectivity index (χ3n) is 12.9. The average Bonchev–Trinajstić information content (AvgIpc) is 2.72. The first kappa shape index (κ1) is 25.5. The first-order valence-corrected chi connectivity index (χ1v) is 14.2. The quantitative estimate of drug-likeness (QED) is 0.426. The van der Waals surface area contributed by atoms with Crippen LogP contribution in [0, 0.1) is 44.8 Å². The first-order valence-electron chi connectivity index (χ1n) is 14.2. The zero-order valence-electron chi connectivity index (χ0n) is 23.6. The van der Waals surface area contributed by atoms with Crippen molar-refractivity contribution in [3.8, 4) is 0 Å². The monoisotopic (exact) mass is 483 g/mol. The minimum atomic E-state index is -0.189. The number of nitrogens with two attached hydrogens (primary N) is 1. The van der Waals surface area contributed by atoms with Gasteiger partial charge >= 0.3 is 5.97 Å². The minimum absolute atomic E-state index is 0.0252. The maximum Gasteiger partial charge on any atom is 0.302 e. The van der Waals surface area contributed by atoms with Crippen molar-refractivity contribution in [2.75, 3.05) is 0 Å². The summed E-state index contributed by atoms with van der Waals surface area (Å²) >= 11 is 0. The molecule has 1 unspecified atom stereocenters. The number of fused-ring (bicyclic) bond motifs is 7. The van der Waals surface area contributed by atoms with E-state index in [0.717, 1.165) is 44.9 Å². The summed E-state index contributed by atoms with van der Waals surface area (Å²) in [5.74, 6) is 0.975. The second kappa shape index (κ2) is 7.45. The van der Waals surface area contributed by atoms with Gasteiger partial charge in [0.15, 0.2) is 5.78 Å². The van der Waals surface area contributed by atoms with E-state index in [-0.39, 0.29) is 50.6 Å². The van der Waals surface area contributed by atoms with Crippen LogP contribution < -0.4 is 5.73 Å². The second-order valence-corrected chi connectivity index (χ2v) is 15.3. The third-order valence-corrected chi connectivity index (χ3v) is 12.9. The normalized spacial score (nSPS) is 52.8. The Balaban J connectivity index is 1.58. The standard InChI is InChI=1S/C31H49NO3/c1-19(33)35-24-10-11-29(6)23(26(24,2)3)9-12-31(8)25(29)22(34)17-20-21-18-28(5,32)15-13-27(21,4)14-16-30(20,31)7/h17,21,23-25H,9-16,18,32H2,1-8H3/t21-,23-,24?,25+,27+,28-,29-,30+,31+/m0/s1. The Hall–Kier alpha value is -1.16. The number of allylic oxidation sites excluding steroid dienone is 2. The van der Waals surface area contributed by atoms with Crippen molar-refractivity contribution in [2.24, 2.45) is 50.6 Å². The summed E-state index contributed by atoms with van der Waals surface area (Å²) in [6, 6.07) is 0. The van der Waals surface area contributed by atoms with Crippen LogP contribution in [0.5, 0.6) is 0 Å². The molecule has 4 fully saturated rings. The van der Waals surface area contributed by atoms with Crippen molar-refractivity contribution >= 4 is 11.8 Å². The molecule has 0 amide bonds. The number of hydrogen-bond acceptors (Lipinski definition) is 4. The lowest BCUT2D eigenvalue weighted by atomic mass is 9.33. The molecule has 5 aliphatic rings.